The SMILES string of the molecule is N[n+]1cc(=O)o[nH]1. The summed E-state index contributed by atoms with van der Waals surface area (Å²) in [6.45, 7) is 0. The summed E-state index contributed by atoms with van der Waals surface area (Å²) in [7, 11) is 0. The summed E-state index contributed by atoms with van der Waals surface area (Å²) in [5.41, 5.74) is -0.484. The standard InChI is InChI=1S/C2H3N3O2/c3-5-1-2(6)7-4-5/h1H,(H2-,3,4,6)/p+1. The van der Waals surface area contributed by atoms with Crippen LogP contribution in [-0.2, 0) is 0 Å². The van der Waals surface area contributed by atoms with Crippen molar-refractivity contribution in [1.29, 1.82) is 0 Å². The van der Waals surface area contributed by atoms with Crippen LogP contribution < -0.4 is 16.3 Å². The zero-order valence-corrected chi connectivity index (χ0v) is 3.42. The Morgan fingerprint density at radius 1 is 2.00 bits per heavy atom. The normalized spacial score (nSPS) is 9.14. The lowest BCUT2D eigenvalue weighted by molar-refractivity contribution is -0.710. The maximum Gasteiger partial charge on any atom is 0.430 e. The number of rotatable bonds is 0. The molecule has 5 nitrogen and oxygen atoms in total. The predicted octanol–water partition coefficient (Wildman–Crippen LogP) is -2.03. The topological polar surface area (TPSA) is 75.9 Å². The number of hydrogen-bond acceptors (Lipinski definition) is 3. The predicted molar refractivity (Wildman–Crippen MR) is 19.7 cm³/mol. The molecule has 1 aromatic rings. The van der Waals surface area contributed by atoms with E-state index in [4.69, 9.17) is 5.84 Å². The van der Waals surface area contributed by atoms with E-state index >= 15 is 0 Å². The second kappa shape index (κ2) is 1.11. The molecule has 3 N–H and O–H groups in total. The molecule has 0 amide bonds. The third-order valence-corrected chi connectivity index (χ3v) is 0.496. The Labute approximate surface area is 38.3 Å². The van der Waals surface area contributed by atoms with E-state index in [1.165, 1.54) is 0 Å². The van der Waals surface area contributed by atoms with E-state index in [1.54, 1.807) is 0 Å². The Morgan fingerprint density at radius 3 is 2.86 bits per heavy atom. The van der Waals surface area contributed by atoms with E-state index in [0.29, 0.717) is 0 Å². The highest BCUT2D eigenvalue weighted by Crippen LogP contribution is 1.46. The average Bonchev–Trinajstić information content (AvgIpc) is 1.87. The third-order valence-electron chi connectivity index (χ3n) is 0.496. The second-order valence-electron chi connectivity index (χ2n) is 1.05. The number of nitrogens with one attached hydrogen (secondary N) is 1. The van der Waals surface area contributed by atoms with Crippen LogP contribution in [-0.4, -0.2) is 5.27 Å². The molecule has 0 saturated heterocycles. The largest absolute Gasteiger partial charge is 0.430 e. The van der Waals surface area contributed by atoms with Crippen molar-refractivity contribution in [3.05, 3.63) is 16.6 Å². The lowest BCUT2D eigenvalue weighted by atomic mass is 11.0. The monoisotopic (exact) mass is 102 g/mol. The molecule has 0 spiro atoms. The maximum absolute atomic E-state index is 9.99. The molecule has 1 heterocycles. The van der Waals surface area contributed by atoms with Gasteiger partial charge in [-0.1, -0.05) is 0 Å². The van der Waals surface area contributed by atoms with Gasteiger partial charge >= 0.3 is 11.8 Å². The highest BCUT2D eigenvalue weighted by atomic mass is 16.5. The number of hydrogen-bond donors (Lipinski definition) is 2. The average molecular weight is 102 g/mol. The van der Waals surface area contributed by atoms with E-state index in [2.05, 4.69) is 9.79 Å². The molecule has 5 heteroatoms. The van der Waals surface area contributed by atoms with Crippen molar-refractivity contribution < 1.29 is 9.31 Å². The van der Waals surface area contributed by atoms with E-state index in [0.717, 1.165) is 11.0 Å². The van der Waals surface area contributed by atoms with Gasteiger partial charge in [0.15, 0.2) is 0 Å². The first-order valence-corrected chi connectivity index (χ1v) is 1.64. The van der Waals surface area contributed by atoms with Crippen LogP contribution in [0.1, 0.15) is 0 Å². The molecule has 1 rings (SSSR count). The van der Waals surface area contributed by atoms with Crippen molar-refractivity contribution in [1.82, 2.24) is 5.27 Å². The minimum Gasteiger partial charge on any atom is -0.281 e. The number of aromatic amines is 1. The van der Waals surface area contributed by atoms with Crippen LogP contribution in [0.4, 0.5) is 0 Å². The van der Waals surface area contributed by atoms with Crippen LogP contribution in [0.25, 0.3) is 0 Å². The van der Waals surface area contributed by atoms with Crippen LogP contribution in [0, 0.1) is 0 Å². The van der Waals surface area contributed by atoms with Crippen molar-refractivity contribution >= 4 is 0 Å². The molecule has 0 atom stereocenters. The minimum absolute atomic E-state index is 0.484. The fourth-order valence-electron chi connectivity index (χ4n) is 0.264. The summed E-state index contributed by atoms with van der Waals surface area (Å²) in [6.07, 6.45) is 1.08. The fourth-order valence-corrected chi connectivity index (χ4v) is 0.264. The molecule has 0 unspecified atom stereocenters. The van der Waals surface area contributed by atoms with Gasteiger partial charge in [0.1, 0.15) is 0 Å². The fraction of sp³-hybridized carbons (Fsp3) is 0. The van der Waals surface area contributed by atoms with Crippen molar-refractivity contribution in [2.24, 2.45) is 0 Å². The summed E-state index contributed by atoms with van der Waals surface area (Å²) in [4.78, 5) is 10.9. The highest BCUT2D eigenvalue weighted by molar-refractivity contribution is 4.47. The molecule has 0 radical (unpaired) electrons. The molecule has 1 aromatic heterocycles. The van der Waals surface area contributed by atoms with Gasteiger partial charge in [-0.3, -0.25) is 4.52 Å². The molecule has 0 aliphatic carbocycles. The molecule has 0 fully saturated rings. The molecular formula is C2H4N3O2+. The van der Waals surface area contributed by atoms with Crippen molar-refractivity contribution in [2.45, 2.75) is 0 Å². The Balaban J connectivity index is 3.30. The van der Waals surface area contributed by atoms with Crippen LogP contribution in [0.3, 0.4) is 0 Å². The molecular weight excluding hydrogens is 98.0 g/mol. The first kappa shape index (κ1) is 3.91. The first-order chi connectivity index (χ1) is 3.29. The van der Waals surface area contributed by atoms with Crippen molar-refractivity contribution in [2.75, 3.05) is 5.84 Å². The highest BCUT2D eigenvalue weighted by Gasteiger charge is 1.94. The quantitative estimate of drug-likeness (QED) is 0.293. The van der Waals surface area contributed by atoms with Gasteiger partial charge in [-0.15, -0.1) is 0 Å². The van der Waals surface area contributed by atoms with Gasteiger partial charge in [-0.05, 0) is 0 Å². The molecule has 0 bridgehead atoms. The number of H-pyrrole nitrogens is 1. The van der Waals surface area contributed by atoms with Crippen LogP contribution in [0.2, 0.25) is 0 Å². The Hall–Kier alpha value is -1.26. The van der Waals surface area contributed by atoms with Gasteiger partial charge < -0.3 is 0 Å². The summed E-state index contributed by atoms with van der Waals surface area (Å²) in [5.74, 6) is 4.95. The zero-order chi connectivity index (χ0) is 5.28. The second-order valence-corrected chi connectivity index (χ2v) is 1.05. The van der Waals surface area contributed by atoms with Gasteiger partial charge in [0.05, 0.1) is 0 Å². The summed E-state index contributed by atoms with van der Waals surface area (Å²) < 4.78 is 4.12. The Bertz CT molecular complexity index is 199. The van der Waals surface area contributed by atoms with Gasteiger partial charge in [-0.2, -0.15) is 5.84 Å². The van der Waals surface area contributed by atoms with Crippen LogP contribution in [0.5, 0.6) is 0 Å². The lowest BCUT2D eigenvalue weighted by Gasteiger charge is -1.61. The summed E-state index contributed by atoms with van der Waals surface area (Å²) in [5, 5.41) is 2.08. The zero-order valence-electron chi connectivity index (χ0n) is 3.42. The van der Waals surface area contributed by atoms with E-state index < -0.39 is 5.63 Å². The van der Waals surface area contributed by atoms with Crippen molar-refractivity contribution in [3.8, 4) is 0 Å². The lowest BCUT2D eigenvalue weighted by Crippen LogP contribution is -2.45. The molecule has 0 aliphatic heterocycles. The van der Waals surface area contributed by atoms with E-state index in [-0.39, 0.29) is 0 Å². The molecule has 7 heavy (non-hydrogen) atoms. The number of nitrogen functional groups attached to an aromatic ring is 1. The molecule has 0 aromatic carbocycles. The van der Waals surface area contributed by atoms with Crippen molar-refractivity contribution in [3.63, 3.8) is 0 Å². The Kier molecular flexibility index (Phi) is 0.619. The first-order valence-electron chi connectivity index (χ1n) is 1.64. The van der Waals surface area contributed by atoms with Crippen LogP contribution in [0.15, 0.2) is 15.5 Å². The van der Waals surface area contributed by atoms with Gasteiger partial charge in [0.2, 0.25) is 0 Å². The number of aromatic nitrogens is 2. The maximum atomic E-state index is 9.99. The number of nitrogens with zero attached hydrogens (tertiary/aromatic N) is 1. The number of nitrogens with two attached hydrogens (primary N) is 1. The van der Waals surface area contributed by atoms with E-state index in [1.807, 2.05) is 0 Å². The summed E-state index contributed by atoms with van der Waals surface area (Å²) in [6, 6.07) is 0. The Morgan fingerprint density at radius 2 is 2.71 bits per heavy atom. The minimum atomic E-state index is -0.484. The smallest absolute Gasteiger partial charge is 0.281 e. The summed E-state index contributed by atoms with van der Waals surface area (Å²) >= 11 is 0. The third kappa shape index (κ3) is 0.594. The van der Waals surface area contributed by atoms with Gasteiger partial charge in [-0.25, -0.2) is 4.79 Å². The van der Waals surface area contributed by atoms with E-state index in [9.17, 15) is 4.79 Å². The van der Waals surface area contributed by atoms with Gasteiger partial charge in [0.25, 0.3) is 0 Å². The van der Waals surface area contributed by atoms with Gasteiger partial charge in [0, 0.05) is 10.1 Å². The molecule has 0 saturated carbocycles. The molecule has 0 aliphatic rings. The van der Waals surface area contributed by atoms with Crippen LogP contribution >= 0.6 is 0 Å². The molecule has 38 valence electrons.